The Morgan fingerprint density at radius 3 is 2.75 bits per heavy atom. The van der Waals surface area contributed by atoms with E-state index in [0.29, 0.717) is 31.9 Å². The second kappa shape index (κ2) is 7.75. The maximum atomic E-state index is 11.8. The van der Waals surface area contributed by atoms with E-state index in [1.165, 1.54) is 0 Å². The fraction of sp³-hybridized carbons (Fsp3) is 0.533. The van der Waals surface area contributed by atoms with Gasteiger partial charge in [0.05, 0.1) is 13.2 Å². The summed E-state index contributed by atoms with van der Waals surface area (Å²) >= 11 is 0. The highest BCUT2D eigenvalue weighted by Crippen LogP contribution is 2.32. The summed E-state index contributed by atoms with van der Waals surface area (Å²) < 4.78 is 11.1. The zero-order valence-corrected chi connectivity index (χ0v) is 11.7. The smallest absolute Gasteiger partial charge is 0.224 e. The quantitative estimate of drug-likeness (QED) is 0.783. The molecule has 0 aromatic heterocycles. The van der Waals surface area contributed by atoms with Crippen molar-refractivity contribution in [3.8, 4) is 11.5 Å². The van der Waals surface area contributed by atoms with E-state index in [1.807, 2.05) is 18.2 Å². The van der Waals surface area contributed by atoms with E-state index in [1.54, 1.807) is 0 Å². The molecule has 1 aromatic rings. The van der Waals surface area contributed by atoms with Crippen molar-refractivity contribution < 1.29 is 14.3 Å². The number of hydrogen-bond acceptors (Lipinski definition) is 4. The number of hydrogen-bond donors (Lipinski definition) is 2. The van der Waals surface area contributed by atoms with Gasteiger partial charge in [0, 0.05) is 24.6 Å². The first kappa shape index (κ1) is 14.7. The van der Waals surface area contributed by atoms with Crippen LogP contribution in [0, 0.1) is 0 Å². The van der Waals surface area contributed by atoms with E-state index in [0.717, 1.165) is 37.1 Å². The van der Waals surface area contributed by atoms with Crippen molar-refractivity contribution >= 4 is 11.6 Å². The predicted octanol–water partition coefficient (Wildman–Crippen LogP) is 2.31. The maximum Gasteiger partial charge on any atom is 0.224 e. The Labute approximate surface area is 119 Å². The Morgan fingerprint density at radius 1 is 1.15 bits per heavy atom. The van der Waals surface area contributed by atoms with Gasteiger partial charge in [0.2, 0.25) is 5.91 Å². The summed E-state index contributed by atoms with van der Waals surface area (Å²) in [6.45, 7) is 1.99. The number of rotatable bonds is 6. The Balaban J connectivity index is 1.86. The van der Waals surface area contributed by atoms with Gasteiger partial charge in [-0.15, -0.1) is 0 Å². The number of fused-ring (bicyclic) bond motifs is 1. The highest BCUT2D eigenvalue weighted by Gasteiger charge is 2.11. The van der Waals surface area contributed by atoms with Crippen LogP contribution in [-0.4, -0.2) is 25.7 Å². The van der Waals surface area contributed by atoms with E-state index in [9.17, 15) is 4.79 Å². The molecule has 110 valence electrons. The van der Waals surface area contributed by atoms with Gasteiger partial charge < -0.3 is 20.5 Å². The zero-order chi connectivity index (χ0) is 14.2. The fourth-order valence-corrected chi connectivity index (χ4v) is 2.07. The van der Waals surface area contributed by atoms with Crippen LogP contribution in [0.5, 0.6) is 11.5 Å². The van der Waals surface area contributed by atoms with E-state index in [-0.39, 0.29) is 5.91 Å². The number of carbonyl (C=O) groups excluding carboxylic acids is 1. The minimum absolute atomic E-state index is 0.0245. The number of nitrogens with two attached hydrogens (primary N) is 1. The molecule has 3 N–H and O–H groups in total. The van der Waals surface area contributed by atoms with E-state index in [4.69, 9.17) is 15.2 Å². The van der Waals surface area contributed by atoms with Gasteiger partial charge in [-0.25, -0.2) is 0 Å². The van der Waals surface area contributed by atoms with Crippen LogP contribution in [0.3, 0.4) is 0 Å². The molecule has 0 fully saturated rings. The Bertz CT molecular complexity index is 449. The molecule has 0 radical (unpaired) electrons. The lowest BCUT2D eigenvalue weighted by Crippen LogP contribution is -2.11. The molecule has 0 unspecified atom stereocenters. The summed E-state index contributed by atoms with van der Waals surface area (Å²) in [5.74, 6) is 1.46. The van der Waals surface area contributed by atoms with Crippen LogP contribution in [0.25, 0.3) is 0 Å². The first-order chi connectivity index (χ1) is 9.79. The van der Waals surface area contributed by atoms with Crippen molar-refractivity contribution in [3.05, 3.63) is 18.2 Å². The van der Waals surface area contributed by atoms with Crippen molar-refractivity contribution in [1.82, 2.24) is 0 Å². The Morgan fingerprint density at radius 2 is 1.95 bits per heavy atom. The summed E-state index contributed by atoms with van der Waals surface area (Å²) in [6, 6.07) is 5.49. The SMILES string of the molecule is NCCCCCC(=O)Nc1ccc2c(c1)OCCCO2. The summed E-state index contributed by atoms with van der Waals surface area (Å²) in [7, 11) is 0. The van der Waals surface area contributed by atoms with Gasteiger partial charge in [0.15, 0.2) is 11.5 Å². The maximum absolute atomic E-state index is 11.8. The summed E-state index contributed by atoms with van der Waals surface area (Å²) in [4.78, 5) is 11.8. The molecule has 0 saturated carbocycles. The Kier molecular flexibility index (Phi) is 5.68. The van der Waals surface area contributed by atoms with Gasteiger partial charge in [-0.3, -0.25) is 4.79 Å². The summed E-state index contributed by atoms with van der Waals surface area (Å²) in [5, 5.41) is 2.88. The molecule has 1 aliphatic rings. The fourth-order valence-electron chi connectivity index (χ4n) is 2.07. The van der Waals surface area contributed by atoms with Gasteiger partial charge in [-0.2, -0.15) is 0 Å². The predicted molar refractivity (Wildman–Crippen MR) is 78.2 cm³/mol. The molecule has 0 bridgehead atoms. The normalized spacial score (nSPS) is 13.7. The van der Waals surface area contributed by atoms with Crippen molar-refractivity contribution in [3.63, 3.8) is 0 Å². The molecule has 0 saturated heterocycles. The topological polar surface area (TPSA) is 73.6 Å². The third-order valence-electron chi connectivity index (χ3n) is 3.14. The van der Waals surface area contributed by atoms with Gasteiger partial charge >= 0.3 is 0 Å². The van der Waals surface area contributed by atoms with Crippen molar-refractivity contribution in [1.29, 1.82) is 0 Å². The number of nitrogens with one attached hydrogen (secondary N) is 1. The number of unbranched alkanes of at least 4 members (excludes halogenated alkanes) is 2. The molecule has 1 aliphatic heterocycles. The molecule has 20 heavy (non-hydrogen) atoms. The molecule has 0 atom stereocenters. The lowest BCUT2D eigenvalue weighted by atomic mass is 10.2. The van der Waals surface area contributed by atoms with Crippen LogP contribution in [0.15, 0.2) is 18.2 Å². The molecule has 0 spiro atoms. The third kappa shape index (κ3) is 4.42. The van der Waals surface area contributed by atoms with Crippen LogP contribution in [0.2, 0.25) is 0 Å². The molecule has 0 aliphatic carbocycles. The van der Waals surface area contributed by atoms with Crippen molar-refractivity contribution in [2.45, 2.75) is 32.1 Å². The van der Waals surface area contributed by atoms with Gasteiger partial charge in [-0.05, 0) is 31.5 Å². The van der Waals surface area contributed by atoms with Gasteiger partial charge in [-0.1, -0.05) is 6.42 Å². The third-order valence-corrected chi connectivity index (χ3v) is 3.14. The number of anilines is 1. The highest BCUT2D eigenvalue weighted by molar-refractivity contribution is 5.91. The van der Waals surface area contributed by atoms with Crippen LogP contribution in [0.4, 0.5) is 5.69 Å². The van der Waals surface area contributed by atoms with Crippen LogP contribution in [-0.2, 0) is 4.79 Å². The van der Waals surface area contributed by atoms with Gasteiger partial charge in [0.25, 0.3) is 0 Å². The van der Waals surface area contributed by atoms with Crippen LogP contribution < -0.4 is 20.5 Å². The molecule has 1 amide bonds. The number of carbonyl (C=O) groups is 1. The molecular formula is C15H22N2O3. The average Bonchev–Trinajstić information content (AvgIpc) is 2.68. The number of ether oxygens (including phenoxy) is 2. The summed E-state index contributed by atoms with van der Waals surface area (Å²) in [6.07, 6.45) is 4.22. The van der Waals surface area contributed by atoms with E-state index in [2.05, 4.69) is 5.32 Å². The monoisotopic (exact) mass is 278 g/mol. The van der Waals surface area contributed by atoms with Crippen LogP contribution in [0.1, 0.15) is 32.1 Å². The first-order valence-corrected chi connectivity index (χ1v) is 7.19. The lowest BCUT2D eigenvalue weighted by molar-refractivity contribution is -0.116. The molecule has 5 nitrogen and oxygen atoms in total. The molecule has 1 heterocycles. The standard InChI is InChI=1S/C15H22N2O3/c16-8-3-1-2-5-15(18)17-12-6-7-13-14(11-12)20-10-4-9-19-13/h6-7,11H,1-5,8-10,16H2,(H,17,18). The Hall–Kier alpha value is -1.75. The minimum atomic E-state index is 0.0245. The molecule has 2 rings (SSSR count). The molecule has 1 aromatic carbocycles. The zero-order valence-electron chi connectivity index (χ0n) is 11.7. The number of amides is 1. The van der Waals surface area contributed by atoms with Crippen molar-refractivity contribution in [2.75, 3.05) is 25.1 Å². The molecule has 5 heteroatoms. The molecular weight excluding hydrogens is 256 g/mol. The van der Waals surface area contributed by atoms with Gasteiger partial charge in [0.1, 0.15) is 0 Å². The number of benzene rings is 1. The summed E-state index contributed by atoms with van der Waals surface area (Å²) in [5.41, 5.74) is 6.17. The minimum Gasteiger partial charge on any atom is -0.490 e. The van der Waals surface area contributed by atoms with E-state index < -0.39 is 0 Å². The highest BCUT2D eigenvalue weighted by atomic mass is 16.5. The average molecular weight is 278 g/mol. The first-order valence-electron chi connectivity index (χ1n) is 7.19. The second-order valence-corrected chi connectivity index (χ2v) is 4.86. The second-order valence-electron chi connectivity index (χ2n) is 4.86. The van der Waals surface area contributed by atoms with E-state index >= 15 is 0 Å². The van der Waals surface area contributed by atoms with Crippen LogP contribution >= 0.6 is 0 Å². The van der Waals surface area contributed by atoms with Crippen molar-refractivity contribution in [2.24, 2.45) is 5.73 Å². The lowest BCUT2D eigenvalue weighted by Gasteiger charge is -2.10. The largest absolute Gasteiger partial charge is 0.490 e.